The van der Waals surface area contributed by atoms with Crippen molar-refractivity contribution in [3.63, 3.8) is 0 Å². The highest BCUT2D eigenvalue weighted by molar-refractivity contribution is 4.98. The van der Waals surface area contributed by atoms with E-state index in [1.54, 1.807) is 6.26 Å². The first-order valence-corrected chi connectivity index (χ1v) is 7.56. The number of hydrogen-bond donors (Lipinski definition) is 1. The van der Waals surface area contributed by atoms with E-state index in [0.717, 1.165) is 43.3 Å². The summed E-state index contributed by atoms with van der Waals surface area (Å²) in [5.41, 5.74) is 6.56. The molecule has 108 valence electrons. The first-order valence-electron chi connectivity index (χ1n) is 7.56. The van der Waals surface area contributed by atoms with Crippen molar-refractivity contribution in [2.45, 2.75) is 52.0 Å². The topological polar surface area (TPSA) is 55.3 Å². The first-order chi connectivity index (χ1) is 9.19. The molecule has 4 nitrogen and oxygen atoms in total. The van der Waals surface area contributed by atoms with Crippen molar-refractivity contribution in [1.82, 2.24) is 9.88 Å². The Bertz CT molecular complexity index is 367. The highest BCUT2D eigenvalue weighted by Crippen LogP contribution is 2.22. The summed E-state index contributed by atoms with van der Waals surface area (Å²) in [5, 5.41) is 0. The molecule has 0 atom stereocenters. The van der Waals surface area contributed by atoms with Gasteiger partial charge in [0.15, 0.2) is 5.89 Å². The van der Waals surface area contributed by atoms with Crippen LogP contribution in [0.25, 0.3) is 0 Å². The quantitative estimate of drug-likeness (QED) is 0.857. The van der Waals surface area contributed by atoms with Crippen molar-refractivity contribution < 1.29 is 4.42 Å². The molecule has 1 aliphatic heterocycles. The van der Waals surface area contributed by atoms with Gasteiger partial charge in [0.05, 0.1) is 5.69 Å². The fourth-order valence-corrected chi connectivity index (χ4v) is 2.76. The van der Waals surface area contributed by atoms with E-state index >= 15 is 0 Å². The number of nitrogens with zero attached hydrogens (tertiary/aromatic N) is 2. The molecule has 0 aliphatic carbocycles. The van der Waals surface area contributed by atoms with Gasteiger partial charge in [-0.3, -0.25) is 0 Å². The number of hydrogen-bond acceptors (Lipinski definition) is 4. The number of oxazole rings is 1. The Morgan fingerprint density at radius 2 is 2.16 bits per heavy atom. The molecule has 4 heteroatoms. The minimum atomic E-state index is 0.672. The number of likely N-dealkylation sites (tertiary alicyclic amines) is 1. The van der Waals surface area contributed by atoms with Gasteiger partial charge in [-0.25, -0.2) is 4.98 Å². The van der Waals surface area contributed by atoms with Crippen LogP contribution < -0.4 is 5.73 Å². The summed E-state index contributed by atoms with van der Waals surface area (Å²) in [6.45, 7) is 7.69. The van der Waals surface area contributed by atoms with Crippen molar-refractivity contribution in [2.24, 2.45) is 11.7 Å². The van der Waals surface area contributed by atoms with Crippen LogP contribution in [0.2, 0.25) is 0 Å². The molecule has 19 heavy (non-hydrogen) atoms. The molecule has 0 bridgehead atoms. The van der Waals surface area contributed by atoms with Crippen LogP contribution in [-0.2, 0) is 12.8 Å². The second-order valence-corrected chi connectivity index (χ2v) is 5.90. The molecule has 1 aromatic rings. The molecule has 0 radical (unpaired) electrons. The molecule has 1 aromatic heterocycles. The van der Waals surface area contributed by atoms with E-state index in [2.05, 4.69) is 23.7 Å². The number of piperidine rings is 1. The molecule has 0 aromatic carbocycles. The lowest BCUT2D eigenvalue weighted by atomic mass is 9.93. The standard InChI is InChI=1S/C15H27N3O/c1-12(2)18-8-5-13(6-9-18)10-15-17-14(11-19-15)4-3-7-16/h11-13H,3-10,16H2,1-2H3. The van der Waals surface area contributed by atoms with Gasteiger partial charge in [0.25, 0.3) is 0 Å². The Balaban J connectivity index is 1.77. The summed E-state index contributed by atoms with van der Waals surface area (Å²) in [4.78, 5) is 7.11. The molecule has 1 aliphatic rings. The molecule has 2 N–H and O–H groups in total. The third-order valence-corrected chi connectivity index (χ3v) is 4.08. The normalized spacial score (nSPS) is 18.3. The number of rotatable bonds is 6. The van der Waals surface area contributed by atoms with E-state index < -0.39 is 0 Å². The van der Waals surface area contributed by atoms with Gasteiger partial charge in [0, 0.05) is 12.5 Å². The van der Waals surface area contributed by atoms with Crippen molar-refractivity contribution in [3.8, 4) is 0 Å². The Morgan fingerprint density at radius 3 is 2.79 bits per heavy atom. The zero-order chi connectivity index (χ0) is 13.7. The largest absolute Gasteiger partial charge is 0.449 e. The first kappa shape index (κ1) is 14.5. The fourth-order valence-electron chi connectivity index (χ4n) is 2.76. The van der Waals surface area contributed by atoms with Crippen LogP contribution in [0.5, 0.6) is 0 Å². The molecule has 2 rings (SSSR count). The molecule has 0 amide bonds. The minimum Gasteiger partial charge on any atom is -0.449 e. The summed E-state index contributed by atoms with van der Waals surface area (Å²) < 4.78 is 5.57. The molecule has 2 heterocycles. The predicted octanol–water partition coefficient (Wildman–Crippen LogP) is 2.23. The van der Waals surface area contributed by atoms with Gasteiger partial charge < -0.3 is 15.1 Å². The van der Waals surface area contributed by atoms with Crippen LogP contribution in [0.4, 0.5) is 0 Å². The average molecular weight is 265 g/mol. The maximum atomic E-state index is 5.57. The van der Waals surface area contributed by atoms with Crippen molar-refractivity contribution in [1.29, 1.82) is 0 Å². The van der Waals surface area contributed by atoms with Crippen LogP contribution in [0.3, 0.4) is 0 Å². The highest BCUT2D eigenvalue weighted by Gasteiger charge is 2.22. The monoisotopic (exact) mass is 265 g/mol. The van der Waals surface area contributed by atoms with Gasteiger partial charge in [-0.2, -0.15) is 0 Å². The summed E-state index contributed by atoms with van der Waals surface area (Å²) in [7, 11) is 0. The molecular formula is C15H27N3O. The Morgan fingerprint density at radius 1 is 1.42 bits per heavy atom. The van der Waals surface area contributed by atoms with Gasteiger partial charge in [-0.15, -0.1) is 0 Å². The number of aryl methyl sites for hydroxylation is 1. The van der Waals surface area contributed by atoms with E-state index in [-0.39, 0.29) is 0 Å². The molecule has 0 unspecified atom stereocenters. The van der Waals surface area contributed by atoms with Gasteiger partial charge >= 0.3 is 0 Å². The molecule has 0 saturated carbocycles. The maximum Gasteiger partial charge on any atom is 0.194 e. The van der Waals surface area contributed by atoms with Crippen molar-refractivity contribution in [2.75, 3.05) is 19.6 Å². The SMILES string of the molecule is CC(C)N1CCC(Cc2nc(CCCN)co2)CC1. The summed E-state index contributed by atoms with van der Waals surface area (Å²) in [6.07, 6.45) is 7.24. The third kappa shape index (κ3) is 4.32. The average Bonchev–Trinajstić information content (AvgIpc) is 2.84. The predicted molar refractivity (Wildman–Crippen MR) is 77.0 cm³/mol. The summed E-state index contributed by atoms with van der Waals surface area (Å²) in [6, 6.07) is 0.672. The minimum absolute atomic E-state index is 0.672. The second-order valence-electron chi connectivity index (χ2n) is 5.90. The lowest BCUT2D eigenvalue weighted by Gasteiger charge is -2.34. The Labute approximate surface area is 116 Å². The van der Waals surface area contributed by atoms with E-state index in [9.17, 15) is 0 Å². The van der Waals surface area contributed by atoms with Crippen LogP contribution in [0.15, 0.2) is 10.7 Å². The highest BCUT2D eigenvalue weighted by atomic mass is 16.3. The molecule has 1 fully saturated rings. The number of nitrogens with two attached hydrogens (primary N) is 1. The van der Waals surface area contributed by atoms with E-state index in [4.69, 9.17) is 10.2 Å². The zero-order valence-corrected chi connectivity index (χ0v) is 12.3. The van der Waals surface area contributed by atoms with Crippen LogP contribution in [0, 0.1) is 5.92 Å². The van der Waals surface area contributed by atoms with Crippen molar-refractivity contribution in [3.05, 3.63) is 17.8 Å². The van der Waals surface area contributed by atoms with Gasteiger partial charge in [0.1, 0.15) is 6.26 Å². The van der Waals surface area contributed by atoms with Gasteiger partial charge in [0.2, 0.25) is 0 Å². The number of aromatic nitrogens is 1. The van der Waals surface area contributed by atoms with Gasteiger partial charge in [-0.05, 0) is 65.1 Å². The summed E-state index contributed by atoms with van der Waals surface area (Å²) in [5.74, 6) is 1.64. The van der Waals surface area contributed by atoms with Gasteiger partial charge in [-0.1, -0.05) is 0 Å². The second kappa shape index (κ2) is 7.06. The van der Waals surface area contributed by atoms with Crippen LogP contribution in [-0.4, -0.2) is 35.6 Å². The summed E-state index contributed by atoms with van der Waals surface area (Å²) >= 11 is 0. The maximum absolute atomic E-state index is 5.57. The Hall–Kier alpha value is -0.870. The molecule has 1 saturated heterocycles. The van der Waals surface area contributed by atoms with E-state index in [1.165, 1.54) is 25.9 Å². The Kier molecular flexibility index (Phi) is 5.40. The van der Waals surface area contributed by atoms with Crippen molar-refractivity contribution >= 4 is 0 Å². The third-order valence-electron chi connectivity index (χ3n) is 4.08. The molecular weight excluding hydrogens is 238 g/mol. The van der Waals surface area contributed by atoms with E-state index in [0.29, 0.717) is 6.04 Å². The fraction of sp³-hybridized carbons (Fsp3) is 0.800. The van der Waals surface area contributed by atoms with Crippen LogP contribution >= 0.6 is 0 Å². The molecule has 0 spiro atoms. The van der Waals surface area contributed by atoms with Crippen LogP contribution in [0.1, 0.15) is 44.7 Å². The lowest BCUT2D eigenvalue weighted by molar-refractivity contribution is 0.146. The zero-order valence-electron chi connectivity index (χ0n) is 12.3. The smallest absolute Gasteiger partial charge is 0.194 e. The lowest BCUT2D eigenvalue weighted by Crippen LogP contribution is -2.38. The van der Waals surface area contributed by atoms with E-state index in [1.807, 2.05) is 0 Å².